The van der Waals surface area contributed by atoms with Gasteiger partial charge in [-0.05, 0) is 109 Å². The molecule has 4 aromatic rings. The Labute approximate surface area is 280 Å². The van der Waals surface area contributed by atoms with Crippen LogP contribution in [0.1, 0.15) is 32.6 Å². The van der Waals surface area contributed by atoms with Crippen molar-refractivity contribution in [1.82, 2.24) is 0 Å². The fraction of sp³-hybridized carbons (Fsp3) is 0.182. The molecule has 0 N–H and O–H groups in total. The highest BCUT2D eigenvalue weighted by Crippen LogP contribution is 2.43. The van der Waals surface area contributed by atoms with E-state index in [1.807, 2.05) is 0 Å². The van der Waals surface area contributed by atoms with Crippen molar-refractivity contribution in [3.63, 3.8) is 0 Å². The van der Waals surface area contributed by atoms with Gasteiger partial charge < -0.3 is 14.7 Å². The molecule has 0 spiro atoms. The van der Waals surface area contributed by atoms with E-state index in [9.17, 15) is 0 Å². The number of benzene rings is 4. The maximum Gasteiger partial charge on any atom is 0.0624 e. The number of para-hydroxylation sites is 2. The van der Waals surface area contributed by atoms with Crippen LogP contribution < -0.4 is 14.7 Å². The number of allylic oxidation sites excluding steroid dienone is 5. The van der Waals surface area contributed by atoms with Crippen molar-refractivity contribution < 1.29 is 0 Å². The summed E-state index contributed by atoms with van der Waals surface area (Å²) in [6, 6.07) is 39.7. The highest BCUT2D eigenvalue weighted by Gasteiger charge is 2.35. The van der Waals surface area contributed by atoms with Crippen molar-refractivity contribution in [2.75, 3.05) is 21.7 Å². The molecule has 3 heteroatoms. The van der Waals surface area contributed by atoms with Crippen molar-refractivity contribution in [3.8, 4) is 11.1 Å². The molecule has 0 radical (unpaired) electrons. The predicted octanol–water partition coefficient (Wildman–Crippen LogP) is 11.2. The van der Waals surface area contributed by atoms with E-state index in [0.29, 0.717) is 0 Å². The smallest absolute Gasteiger partial charge is 0.0624 e. The molecule has 0 fully saturated rings. The lowest BCUT2D eigenvalue weighted by atomic mass is 9.95. The molecule has 4 aromatic carbocycles. The molecule has 0 amide bonds. The fourth-order valence-electron chi connectivity index (χ4n) is 7.17. The minimum atomic E-state index is 0.204. The van der Waals surface area contributed by atoms with E-state index in [1.165, 1.54) is 56.4 Å². The van der Waals surface area contributed by atoms with E-state index in [1.54, 1.807) is 0 Å². The Hall–Kier alpha value is -5.28. The maximum absolute atomic E-state index is 4.64. The molecule has 2 aliphatic carbocycles. The van der Waals surface area contributed by atoms with E-state index in [2.05, 4.69) is 187 Å². The second-order valence-electron chi connectivity index (χ2n) is 12.6. The van der Waals surface area contributed by atoms with E-state index in [-0.39, 0.29) is 12.1 Å². The molecular formula is C44H43N3. The van der Waals surface area contributed by atoms with Crippen LogP contribution in [0.5, 0.6) is 0 Å². The van der Waals surface area contributed by atoms with E-state index >= 15 is 0 Å². The quantitative estimate of drug-likeness (QED) is 0.186. The summed E-state index contributed by atoms with van der Waals surface area (Å²) < 4.78 is 0. The summed E-state index contributed by atoms with van der Waals surface area (Å²) in [5.41, 5.74) is 12.5. The topological polar surface area (TPSA) is 9.72 Å². The molecule has 234 valence electrons. The molecule has 1 heterocycles. The van der Waals surface area contributed by atoms with Crippen LogP contribution in [-0.4, -0.2) is 19.1 Å². The third kappa shape index (κ3) is 6.26. The highest BCUT2D eigenvalue weighted by atomic mass is 15.2. The van der Waals surface area contributed by atoms with Crippen molar-refractivity contribution >= 4 is 22.7 Å². The second-order valence-corrected chi connectivity index (χ2v) is 12.6. The fourth-order valence-corrected chi connectivity index (χ4v) is 7.17. The first-order chi connectivity index (χ1) is 23.1. The van der Waals surface area contributed by atoms with Crippen LogP contribution in [0.3, 0.4) is 0 Å². The standard InChI is InChI=1S/C44H43N3/c1-33(23-32-43-34(2)42-21-13-14-22-44(42)47(43)40-19-11-6-12-20-40)46(39-17-9-5-10-18-39)41-30-26-36(27-31-41)35-24-28-38(29-25-35)45(3)37-15-7-4-8-16-37/h4-12,14-17,19-20,22-31,39,43H,2,13,18,21,32H2,1,3H3/b33-23+. The molecule has 2 atom stereocenters. The first-order valence-corrected chi connectivity index (χ1v) is 16.8. The summed E-state index contributed by atoms with van der Waals surface area (Å²) in [5, 5.41) is 0. The minimum absolute atomic E-state index is 0.204. The molecule has 0 saturated heterocycles. The van der Waals surface area contributed by atoms with Crippen molar-refractivity contribution in [2.24, 2.45) is 0 Å². The predicted molar refractivity (Wildman–Crippen MR) is 201 cm³/mol. The molecular weight excluding hydrogens is 571 g/mol. The molecule has 0 bridgehead atoms. The van der Waals surface area contributed by atoms with Crippen LogP contribution >= 0.6 is 0 Å². The first-order valence-electron chi connectivity index (χ1n) is 16.8. The van der Waals surface area contributed by atoms with E-state index < -0.39 is 0 Å². The molecule has 2 unspecified atom stereocenters. The van der Waals surface area contributed by atoms with Crippen LogP contribution in [-0.2, 0) is 0 Å². The van der Waals surface area contributed by atoms with Gasteiger partial charge in [-0.15, -0.1) is 0 Å². The Bertz CT molecular complexity index is 1860. The average molecular weight is 614 g/mol. The van der Waals surface area contributed by atoms with Gasteiger partial charge in [0.25, 0.3) is 0 Å². The minimum Gasteiger partial charge on any atom is -0.345 e. The third-order valence-corrected chi connectivity index (χ3v) is 9.72. The second kappa shape index (κ2) is 13.6. The summed E-state index contributed by atoms with van der Waals surface area (Å²) in [4.78, 5) is 7.22. The third-order valence-electron chi connectivity index (χ3n) is 9.72. The molecule has 7 rings (SSSR count). The lowest BCUT2D eigenvalue weighted by Gasteiger charge is -2.34. The van der Waals surface area contributed by atoms with Gasteiger partial charge in [0.2, 0.25) is 0 Å². The van der Waals surface area contributed by atoms with Gasteiger partial charge >= 0.3 is 0 Å². The number of rotatable bonds is 9. The van der Waals surface area contributed by atoms with E-state index in [4.69, 9.17) is 0 Å². The zero-order chi connectivity index (χ0) is 32.2. The van der Waals surface area contributed by atoms with Gasteiger partial charge in [-0.1, -0.05) is 104 Å². The number of hydrogen-bond donors (Lipinski definition) is 0. The van der Waals surface area contributed by atoms with Gasteiger partial charge in [0.05, 0.1) is 12.1 Å². The Kier molecular flexibility index (Phi) is 8.79. The Balaban J connectivity index is 1.13. The normalized spacial score (nSPS) is 18.9. The summed E-state index contributed by atoms with van der Waals surface area (Å²) in [6.07, 6.45) is 20.0. The summed E-state index contributed by atoms with van der Waals surface area (Å²) in [5.74, 6) is 0. The lowest BCUT2D eigenvalue weighted by Crippen LogP contribution is -2.33. The van der Waals surface area contributed by atoms with Gasteiger partial charge in [-0.3, -0.25) is 0 Å². The van der Waals surface area contributed by atoms with Crippen LogP contribution in [0.15, 0.2) is 181 Å². The number of hydrogen-bond acceptors (Lipinski definition) is 3. The van der Waals surface area contributed by atoms with Crippen LogP contribution in [0.25, 0.3) is 11.1 Å². The zero-order valence-electron chi connectivity index (χ0n) is 27.5. The SMILES string of the molecule is C=C1C2=C(C=CCC2)N(c2ccccc2)C1C/C=C(\C)N(c1ccc(-c2ccc(N(C)c3ccccc3)cc2)cc1)C1C=CC=CC1. The van der Waals surface area contributed by atoms with Crippen molar-refractivity contribution in [2.45, 2.75) is 44.7 Å². The van der Waals surface area contributed by atoms with Gasteiger partial charge in [-0.25, -0.2) is 0 Å². The number of nitrogens with zero attached hydrogens (tertiary/aromatic N) is 3. The monoisotopic (exact) mass is 613 g/mol. The lowest BCUT2D eigenvalue weighted by molar-refractivity contribution is 0.733. The van der Waals surface area contributed by atoms with Gasteiger partial charge in [0.1, 0.15) is 0 Å². The van der Waals surface area contributed by atoms with Crippen LogP contribution in [0, 0.1) is 0 Å². The summed E-state index contributed by atoms with van der Waals surface area (Å²) >= 11 is 0. The van der Waals surface area contributed by atoms with Gasteiger partial charge in [0, 0.05) is 41.2 Å². The van der Waals surface area contributed by atoms with Gasteiger partial charge in [0.15, 0.2) is 0 Å². The molecule has 3 nitrogen and oxygen atoms in total. The Morgan fingerprint density at radius 2 is 1.43 bits per heavy atom. The molecule has 3 aliphatic rings. The molecule has 0 aromatic heterocycles. The van der Waals surface area contributed by atoms with E-state index in [0.717, 1.165) is 25.7 Å². The van der Waals surface area contributed by atoms with Crippen LogP contribution in [0.4, 0.5) is 22.7 Å². The van der Waals surface area contributed by atoms with Crippen molar-refractivity contribution in [3.05, 3.63) is 181 Å². The van der Waals surface area contributed by atoms with Crippen molar-refractivity contribution in [1.29, 1.82) is 0 Å². The summed E-state index contributed by atoms with van der Waals surface area (Å²) in [7, 11) is 2.11. The zero-order valence-corrected chi connectivity index (χ0v) is 27.5. The molecule has 1 aliphatic heterocycles. The highest BCUT2D eigenvalue weighted by molar-refractivity contribution is 5.72. The largest absolute Gasteiger partial charge is 0.345 e. The molecule has 0 saturated carbocycles. The molecule has 47 heavy (non-hydrogen) atoms. The number of anilines is 4. The Morgan fingerprint density at radius 3 is 2.09 bits per heavy atom. The average Bonchev–Trinajstić information content (AvgIpc) is 3.43. The summed E-state index contributed by atoms with van der Waals surface area (Å²) in [6.45, 7) is 6.90. The first kappa shape index (κ1) is 30.4. The van der Waals surface area contributed by atoms with Gasteiger partial charge in [-0.2, -0.15) is 0 Å². The maximum atomic E-state index is 4.64. The Morgan fingerprint density at radius 1 is 0.787 bits per heavy atom. The van der Waals surface area contributed by atoms with Crippen LogP contribution in [0.2, 0.25) is 0 Å².